The maximum atomic E-state index is 12.7. The summed E-state index contributed by atoms with van der Waals surface area (Å²) in [5, 5.41) is 12.6. The Morgan fingerprint density at radius 2 is 2.06 bits per heavy atom. The van der Waals surface area contributed by atoms with Crippen LogP contribution >= 0.6 is 0 Å². The van der Waals surface area contributed by atoms with E-state index < -0.39 is 29.9 Å². The summed E-state index contributed by atoms with van der Waals surface area (Å²) in [5.41, 5.74) is -2.47. The van der Waals surface area contributed by atoms with Crippen molar-refractivity contribution in [3.63, 3.8) is 0 Å². The Bertz CT molecular complexity index is 517. The van der Waals surface area contributed by atoms with Gasteiger partial charge in [-0.05, 0) is 6.07 Å². The highest BCUT2D eigenvalue weighted by atomic mass is 19.1. The first-order valence-corrected chi connectivity index (χ1v) is 4.93. The molecule has 0 spiro atoms. The summed E-state index contributed by atoms with van der Waals surface area (Å²) in [6, 6.07) is 3.23. The van der Waals surface area contributed by atoms with Crippen molar-refractivity contribution in [2.75, 3.05) is 13.3 Å². The van der Waals surface area contributed by atoms with Crippen LogP contribution in [-0.4, -0.2) is 29.9 Å². The lowest BCUT2D eigenvalue weighted by molar-refractivity contribution is -0.384. The molecule has 0 saturated carbocycles. The molecular weight excluding hydrogens is 250 g/mol. The van der Waals surface area contributed by atoms with Crippen LogP contribution in [0.25, 0.3) is 0 Å². The zero-order chi connectivity index (χ0) is 13.3. The predicted octanol–water partition coefficient (Wildman–Crippen LogP) is 1.35. The lowest BCUT2D eigenvalue weighted by Gasteiger charge is -2.34. The molecule has 0 saturated heterocycles. The Morgan fingerprint density at radius 3 is 2.61 bits per heavy atom. The van der Waals surface area contributed by atoms with Crippen LogP contribution in [0.1, 0.15) is 10.4 Å². The van der Waals surface area contributed by atoms with E-state index in [4.69, 9.17) is 4.74 Å². The molecule has 2 rings (SSSR count). The topological polar surface area (TPSA) is 81.5 Å². The first kappa shape index (κ1) is 12.2. The van der Waals surface area contributed by atoms with Gasteiger partial charge in [0, 0.05) is 12.1 Å². The van der Waals surface area contributed by atoms with Crippen molar-refractivity contribution in [1.82, 2.24) is 5.32 Å². The van der Waals surface area contributed by atoms with Gasteiger partial charge in [0.15, 0.2) is 13.3 Å². The SMILES string of the molecule is O=C1NC(CF)(CF)Oc2ccc([N+](=O)[O-])cc21. The summed E-state index contributed by atoms with van der Waals surface area (Å²) in [5.74, 6) is -0.894. The molecule has 1 amide bonds. The Balaban J connectivity index is 2.45. The van der Waals surface area contributed by atoms with Gasteiger partial charge < -0.3 is 10.1 Å². The standard InChI is InChI=1S/C10H8F2N2O4/c11-4-10(5-12)13-9(15)7-3-6(14(16)17)1-2-8(7)18-10/h1-3H,4-5H2,(H,13,15). The number of benzene rings is 1. The van der Waals surface area contributed by atoms with Crippen molar-refractivity contribution in [3.8, 4) is 5.75 Å². The molecule has 1 N–H and O–H groups in total. The van der Waals surface area contributed by atoms with Crippen molar-refractivity contribution in [1.29, 1.82) is 0 Å². The highest BCUT2D eigenvalue weighted by Gasteiger charge is 2.41. The molecule has 1 heterocycles. The number of nitro benzene ring substituents is 1. The van der Waals surface area contributed by atoms with Gasteiger partial charge in [0.1, 0.15) is 5.75 Å². The summed E-state index contributed by atoms with van der Waals surface area (Å²) < 4.78 is 30.5. The van der Waals surface area contributed by atoms with Crippen LogP contribution in [-0.2, 0) is 0 Å². The number of nitrogens with zero attached hydrogens (tertiary/aromatic N) is 1. The number of ether oxygens (including phenoxy) is 1. The van der Waals surface area contributed by atoms with Crippen molar-refractivity contribution in [2.45, 2.75) is 5.72 Å². The number of nitrogens with one attached hydrogen (secondary N) is 1. The van der Waals surface area contributed by atoms with Gasteiger partial charge >= 0.3 is 0 Å². The van der Waals surface area contributed by atoms with Crippen molar-refractivity contribution in [3.05, 3.63) is 33.9 Å². The minimum Gasteiger partial charge on any atom is -0.462 e. The second kappa shape index (κ2) is 4.21. The largest absolute Gasteiger partial charge is 0.462 e. The van der Waals surface area contributed by atoms with Gasteiger partial charge in [0.25, 0.3) is 11.6 Å². The first-order chi connectivity index (χ1) is 8.51. The third-order valence-electron chi connectivity index (χ3n) is 2.50. The lowest BCUT2D eigenvalue weighted by Crippen LogP contribution is -2.59. The van der Waals surface area contributed by atoms with Crippen LogP contribution in [0.2, 0.25) is 0 Å². The molecule has 8 heteroatoms. The summed E-state index contributed by atoms with van der Waals surface area (Å²) >= 11 is 0. The number of fused-ring (bicyclic) bond motifs is 1. The van der Waals surface area contributed by atoms with Crippen molar-refractivity contribution in [2.24, 2.45) is 0 Å². The van der Waals surface area contributed by atoms with Crippen LogP contribution in [0.4, 0.5) is 14.5 Å². The molecule has 0 radical (unpaired) electrons. The Kier molecular flexibility index (Phi) is 2.85. The molecule has 1 aliphatic rings. The van der Waals surface area contributed by atoms with E-state index in [2.05, 4.69) is 0 Å². The third kappa shape index (κ3) is 1.85. The molecule has 1 aliphatic heterocycles. The summed E-state index contributed by atoms with van der Waals surface area (Å²) in [4.78, 5) is 21.5. The monoisotopic (exact) mass is 258 g/mol. The van der Waals surface area contributed by atoms with Crippen molar-refractivity contribution < 1.29 is 23.2 Å². The smallest absolute Gasteiger partial charge is 0.270 e. The Morgan fingerprint density at radius 1 is 1.39 bits per heavy atom. The molecule has 0 bridgehead atoms. The predicted molar refractivity (Wildman–Crippen MR) is 55.9 cm³/mol. The van der Waals surface area contributed by atoms with E-state index in [0.717, 1.165) is 18.2 Å². The van der Waals surface area contributed by atoms with E-state index in [-0.39, 0.29) is 17.0 Å². The van der Waals surface area contributed by atoms with E-state index in [1.165, 1.54) is 0 Å². The van der Waals surface area contributed by atoms with Gasteiger partial charge in [0.2, 0.25) is 5.72 Å². The average molecular weight is 258 g/mol. The van der Waals surface area contributed by atoms with Crippen molar-refractivity contribution >= 4 is 11.6 Å². The highest BCUT2D eigenvalue weighted by Crippen LogP contribution is 2.31. The molecule has 1 aromatic carbocycles. The van der Waals surface area contributed by atoms with E-state index in [0.29, 0.717) is 0 Å². The van der Waals surface area contributed by atoms with Crippen LogP contribution in [0.5, 0.6) is 5.75 Å². The normalized spacial score (nSPS) is 16.4. The van der Waals surface area contributed by atoms with Gasteiger partial charge in [-0.3, -0.25) is 14.9 Å². The fraction of sp³-hybridized carbons (Fsp3) is 0.300. The molecule has 6 nitrogen and oxygen atoms in total. The Labute approximate surface area is 99.7 Å². The molecule has 0 unspecified atom stereocenters. The number of hydrogen-bond acceptors (Lipinski definition) is 4. The molecular formula is C10H8F2N2O4. The van der Waals surface area contributed by atoms with Crippen LogP contribution in [0.15, 0.2) is 18.2 Å². The minimum atomic E-state index is -2.04. The van der Waals surface area contributed by atoms with E-state index in [1.807, 2.05) is 5.32 Å². The van der Waals surface area contributed by atoms with E-state index in [1.54, 1.807) is 0 Å². The van der Waals surface area contributed by atoms with Crippen LogP contribution in [0.3, 0.4) is 0 Å². The summed E-state index contributed by atoms with van der Waals surface area (Å²) in [7, 11) is 0. The average Bonchev–Trinajstić information content (AvgIpc) is 2.38. The van der Waals surface area contributed by atoms with Crippen LogP contribution in [0, 0.1) is 10.1 Å². The minimum absolute atomic E-state index is 0.0837. The molecule has 18 heavy (non-hydrogen) atoms. The van der Waals surface area contributed by atoms with Gasteiger partial charge in [-0.1, -0.05) is 0 Å². The summed E-state index contributed by atoms with van der Waals surface area (Å²) in [6.45, 7) is -2.49. The number of alkyl halides is 2. The highest BCUT2D eigenvalue weighted by molar-refractivity contribution is 5.99. The van der Waals surface area contributed by atoms with Crippen LogP contribution < -0.4 is 10.1 Å². The molecule has 0 aromatic heterocycles. The summed E-state index contributed by atoms with van der Waals surface area (Å²) in [6.07, 6.45) is 0. The number of nitro groups is 1. The molecule has 0 atom stereocenters. The number of carbonyl (C=O) groups excluding carboxylic acids is 1. The number of halogens is 2. The number of amides is 1. The molecule has 0 aliphatic carbocycles. The maximum Gasteiger partial charge on any atom is 0.270 e. The van der Waals surface area contributed by atoms with Gasteiger partial charge in [-0.25, -0.2) is 8.78 Å². The third-order valence-corrected chi connectivity index (χ3v) is 2.50. The second-order valence-electron chi connectivity index (χ2n) is 3.76. The van der Waals surface area contributed by atoms with E-state index in [9.17, 15) is 23.7 Å². The zero-order valence-electron chi connectivity index (χ0n) is 8.98. The Hall–Kier alpha value is -2.25. The lowest BCUT2D eigenvalue weighted by atomic mass is 10.1. The zero-order valence-corrected chi connectivity index (χ0v) is 8.98. The number of hydrogen-bond donors (Lipinski definition) is 1. The fourth-order valence-electron chi connectivity index (χ4n) is 1.57. The fourth-order valence-corrected chi connectivity index (χ4v) is 1.57. The number of rotatable bonds is 3. The molecule has 1 aromatic rings. The first-order valence-electron chi connectivity index (χ1n) is 4.93. The maximum absolute atomic E-state index is 12.7. The number of carbonyl (C=O) groups is 1. The quantitative estimate of drug-likeness (QED) is 0.655. The second-order valence-corrected chi connectivity index (χ2v) is 3.76. The molecule has 0 fully saturated rings. The van der Waals surface area contributed by atoms with Gasteiger partial charge in [-0.15, -0.1) is 0 Å². The van der Waals surface area contributed by atoms with E-state index >= 15 is 0 Å². The van der Waals surface area contributed by atoms with Gasteiger partial charge in [-0.2, -0.15) is 0 Å². The molecule has 96 valence electrons. The number of non-ortho nitro benzene ring substituents is 1. The van der Waals surface area contributed by atoms with Gasteiger partial charge in [0.05, 0.1) is 10.5 Å².